The molecule has 0 spiro atoms. The lowest BCUT2D eigenvalue weighted by Crippen LogP contribution is -2.64. The fourth-order valence-electron chi connectivity index (χ4n) is 5.05. The van der Waals surface area contributed by atoms with Crippen molar-refractivity contribution in [3.05, 3.63) is 82.9 Å². The number of aromatic nitrogens is 2. The van der Waals surface area contributed by atoms with Gasteiger partial charge in [-0.1, -0.05) is 42.0 Å². The Hall–Kier alpha value is -4.14. The fraction of sp³-hybridized carbons (Fsp3) is 0.379. The minimum atomic E-state index is -1.09. The van der Waals surface area contributed by atoms with E-state index in [-0.39, 0.29) is 42.3 Å². The van der Waals surface area contributed by atoms with Crippen LogP contribution in [0.15, 0.2) is 54.9 Å². The van der Waals surface area contributed by atoms with E-state index in [0.29, 0.717) is 13.2 Å². The predicted molar refractivity (Wildman–Crippen MR) is 142 cm³/mol. The molecule has 1 saturated carbocycles. The molecule has 1 aliphatic carbocycles. The summed E-state index contributed by atoms with van der Waals surface area (Å²) in [7, 11) is 0. The maximum absolute atomic E-state index is 13.8. The lowest BCUT2D eigenvalue weighted by Gasteiger charge is -2.44. The number of nitrogens with one attached hydrogen (secondary N) is 2. The number of nitrogens with zero attached hydrogens (tertiary/aromatic N) is 3. The number of amides is 3. The standard InChI is InChI=1S/C29H33N5O4/c1-4-38-23-12-8-20(9-13-23)15-30-26(35)24-25-27(36)34(22-10-11-22)29(3,17-33(25)18-32-24)28(37)31-16-21-7-5-6-19(2)14-21/h5-9,12-14,18,22H,4,10-11,15-17H2,1-3H3,(H,30,35)(H,31,37). The van der Waals surface area contributed by atoms with Gasteiger partial charge in [-0.15, -0.1) is 0 Å². The monoisotopic (exact) mass is 515 g/mol. The van der Waals surface area contributed by atoms with Crippen molar-refractivity contribution in [3.8, 4) is 5.75 Å². The van der Waals surface area contributed by atoms with Gasteiger partial charge in [-0.3, -0.25) is 14.4 Å². The van der Waals surface area contributed by atoms with E-state index in [1.54, 1.807) is 16.4 Å². The van der Waals surface area contributed by atoms with Crippen LogP contribution in [-0.2, 0) is 24.4 Å². The first-order chi connectivity index (χ1) is 18.3. The molecule has 1 atom stereocenters. The molecule has 2 aliphatic rings. The Labute approximate surface area is 222 Å². The Morgan fingerprint density at radius 1 is 1.08 bits per heavy atom. The average molecular weight is 516 g/mol. The van der Waals surface area contributed by atoms with Gasteiger partial charge in [0.2, 0.25) is 5.91 Å². The summed E-state index contributed by atoms with van der Waals surface area (Å²) >= 11 is 0. The van der Waals surface area contributed by atoms with Crippen LogP contribution >= 0.6 is 0 Å². The second-order valence-electron chi connectivity index (χ2n) is 10.2. The number of imidazole rings is 1. The summed E-state index contributed by atoms with van der Waals surface area (Å²) < 4.78 is 7.10. The van der Waals surface area contributed by atoms with E-state index in [9.17, 15) is 14.4 Å². The van der Waals surface area contributed by atoms with Gasteiger partial charge in [-0.25, -0.2) is 4.98 Å². The summed E-state index contributed by atoms with van der Waals surface area (Å²) in [5, 5.41) is 5.89. The second kappa shape index (κ2) is 10.3. The van der Waals surface area contributed by atoms with Crippen LogP contribution in [0.3, 0.4) is 0 Å². The Bertz CT molecular complexity index is 1360. The highest BCUT2D eigenvalue weighted by atomic mass is 16.5. The fourth-order valence-corrected chi connectivity index (χ4v) is 5.05. The zero-order valence-electron chi connectivity index (χ0n) is 22.0. The van der Waals surface area contributed by atoms with E-state index in [1.165, 1.54) is 6.33 Å². The first-order valence-corrected chi connectivity index (χ1v) is 13.0. The lowest BCUT2D eigenvalue weighted by molar-refractivity contribution is -0.133. The average Bonchev–Trinajstić information content (AvgIpc) is 3.64. The van der Waals surface area contributed by atoms with Gasteiger partial charge in [0.15, 0.2) is 5.69 Å². The SMILES string of the molecule is CCOc1ccc(CNC(=O)c2ncn3c2C(=O)N(C2CC2)C(C)(C(=O)NCc2cccc(C)c2)C3)cc1. The van der Waals surface area contributed by atoms with E-state index in [1.807, 2.05) is 62.4 Å². The maximum atomic E-state index is 13.8. The Morgan fingerprint density at radius 3 is 2.50 bits per heavy atom. The van der Waals surface area contributed by atoms with Crippen molar-refractivity contribution in [2.45, 2.75) is 64.8 Å². The molecule has 9 heteroatoms. The summed E-state index contributed by atoms with van der Waals surface area (Å²) in [5.74, 6) is -0.220. The molecule has 1 aliphatic heterocycles. The number of aryl methyl sites for hydroxylation is 1. The van der Waals surface area contributed by atoms with Crippen molar-refractivity contribution in [1.82, 2.24) is 25.1 Å². The number of ether oxygens (including phenoxy) is 1. The molecule has 5 rings (SSSR count). The lowest BCUT2D eigenvalue weighted by atomic mass is 9.93. The molecule has 0 saturated heterocycles. The zero-order valence-corrected chi connectivity index (χ0v) is 22.0. The van der Waals surface area contributed by atoms with E-state index in [4.69, 9.17) is 4.74 Å². The first kappa shape index (κ1) is 25.5. The van der Waals surface area contributed by atoms with Crippen LogP contribution in [0, 0.1) is 6.92 Å². The van der Waals surface area contributed by atoms with Crippen molar-refractivity contribution in [3.63, 3.8) is 0 Å². The molecule has 0 radical (unpaired) electrons. The molecule has 1 aromatic heterocycles. The third-order valence-electron chi connectivity index (χ3n) is 7.11. The number of hydrogen-bond donors (Lipinski definition) is 2. The number of carbonyl (C=O) groups is 3. The van der Waals surface area contributed by atoms with Gasteiger partial charge in [0, 0.05) is 19.1 Å². The first-order valence-electron chi connectivity index (χ1n) is 13.0. The zero-order chi connectivity index (χ0) is 26.9. The summed E-state index contributed by atoms with van der Waals surface area (Å²) in [6.45, 7) is 7.20. The summed E-state index contributed by atoms with van der Waals surface area (Å²) in [6, 6.07) is 15.4. The van der Waals surface area contributed by atoms with Crippen LogP contribution in [-0.4, -0.2) is 50.4 Å². The van der Waals surface area contributed by atoms with Gasteiger partial charge in [-0.05, 0) is 56.9 Å². The van der Waals surface area contributed by atoms with Crippen LogP contribution in [0.2, 0.25) is 0 Å². The van der Waals surface area contributed by atoms with Crippen molar-refractivity contribution < 1.29 is 19.1 Å². The summed E-state index contributed by atoms with van der Waals surface area (Å²) in [5.41, 5.74) is 2.23. The second-order valence-corrected chi connectivity index (χ2v) is 10.2. The van der Waals surface area contributed by atoms with E-state index in [0.717, 1.165) is 35.3 Å². The number of fused-ring (bicyclic) bond motifs is 1. The number of hydrogen-bond acceptors (Lipinski definition) is 5. The largest absolute Gasteiger partial charge is 0.494 e. The molecule has 1 fully saturated rings. The van der Waals surface area contributed by atoms with E-state index < -0.39 is 11.4 Å². The van der Waals surface area contributed by atoms with Crippen molar-refractivity contribution >= 4 is 17.7 Å². The quantitative estimate of drug-likeness (QED) is 0.455. The molecule has 1 unspecified atom stereocenters. The van der Waals surface area contributed by atoms with Crippen molar-refractivity contribution in [2.24, 2.45) is 0 Å². The number of carbonyl (C=O) groups excluding carboxylic acids is 3. The number of rotatable bonds is 9. The van der Waals surface area contributed by atoms with Gasteiger partial charge >= 0.3 is 0 Å². The smallest absolute Gasteiger partial charge is 0.274 e. The Balaban J connectivity index is 1.32. The predicted octanol–water partition coefficient (Wildman–Crippen LogP) is 3.21. The van der Waals surface area contributed by atoms with Gasteiger partial charge in [0.05, 0.1) is 19.5 Å². The van der Waals surface area contributed by atoms with Crippen molar-refractivity contribution in [1.29, 1.82) is 0 Å². The Kier molecular flexibility index (Phi) is 6.93. The topological polar surface area (TPSA) is 106 Å². The van der Waals surface area contributed by atoms with Crippen LogP contribution in [0.5, 0.6) is 5.75 Å². The van der Waals surface area contributed by atoms with E-state index >= 15 is 0 Å². The highest BCUT2D eigenvalue weighted by Gasteiger charge is 2.53. The molecule has 3 aromatic rings. The molecule has 2 heterocycles. The highest BCUT2D eigenvalue weighted by Crippen LogP contribution is 2.38. The highest BCUT2D eigenvalue weighted by molar-refractivity contribution is 6.07. The molecule has 2 aromatic carbocycles. The molecule has 198 valence electrons. The molecular formula is C29H33N5O4. The summed E-state index contributed by atoms with van der Waals surface area (Å²) in [4.78, 5) is 46.3. The van der Waals surface area contributed by atoms with Crippen LogP contribution in [0.25, 0.3) is 0 Å². The molecule has 9 nitrogen and oxygen atoms in total. The minimum Gasteiger partial charge on any atom is -0.494 e. The van der Waals surface area contributed by atoms with E-state index in [2.05, 4.69) is 15.6 Å². The van der Waals surface area contributed by atoms with Gasteiger partial charge in [0.1, 0.15) is 17.0 Å². The van der Waals surface area contributed by atoms with Crippen LogP contribution < -0.4 is 15.4 Å². The molecular weight excluding hydrogens is 482 g/mol. The third kappa shape index (κ3) is 5.01. The normalized spacial score (nSPS) is 18.6. The van der Waals surface area contributed by atoms with Gasteiger partial charge in [0.25, 0.3) is 11.8 Å². The van der Waals surface area contributed by atoms with Crippen molar-refractivity contribution in [2.75, 3.05) is 6.61 Å². The minimum absolute atomic E-state index is 0.0272. The van der Waals surface area contributed by atoms with Crippen LogP contribution in [0.1, 0.15) is 64.4 Å². The van der Waals surface area contributed by atoms with Crippen LogP contribution in [0.4, 0.5) is 0 Å². The third-order valence-corrected chi connectivity index (χ3v) is 7.11. The molecule has 2 N–H and O–H groups in total. The molecule has 0 bridgehead atoms. The van der Waals surface area contributed by atoms with Gasteiger partial charge < -0.3 is 24.8 Å². The number of benzene rings is 2. The summed E-state index contributed by atoms with van der Waals surface area (Å²) in [6.07, 6.45) is 3.15. The molecule has 38 heavy (non-hydrogen) atoms. The van der Waals surface area contributed by atoms with Gasteiger partial charge in [-0.2, -0.15) is 0 Å². The maximum Gasteiger partial charge on any atom is 0.274 e. The Morgan fingerprint density at radius 2 is 1.82 bits per heavy atom. The molecule has 3 amide bonds.